The first kappa shape index (κ1) is 15.5. The molecule has 22 heavy (non-hydrogen) atoms. The normalized spacial score (nSPS) is 25.6. The highest BCUT2D eigenvalue weighted by Gasteiger charge is 2.45. The number of nitrogens with zero attached hydrogens (tertiary/aromatic N) is 2. The number of piperidine rings is 1. The molecule has 1 atom stereocenters. The molecule has 2 aliphatic rings. The summed E-state index contributed by atoms with van der Waals surface area (Å²) < 4.78 is 0. The summed E-state index contributed by atoms with van der Waals surface area (Å²) in [4.78, 5) is 15.6. The first-order chi connectivity index (χ1) is 10.6. The van der Waals surface area contributed by atoms with Crippen molar-refractivity contribution in [3.63, 3.8) is 0 Å². The Kier molecular flexibility index (Phi) is 4.50. The lowest BCUT2D eigenvalue weighted by atomic mass is 9.81. The fourth-order valence-electron chi connectivity index (χ4n) is 4.18. The smallest absolute Gasteiger partial charge is 0.304 e. The van der Waals surface area contributed by atoms with E-state index in [0.29, 0.717) is 18.0 Å². The van der Waals surface area contributed by atoms with E-state index < -0.39 is 5.97 Å². The lowest BCUT2D eigenvalue weighted by Gasteiger charge is -2.43. The molecular formula is C18H26N2O2. The molecule has 2 fully saturated rings. The molecule has 2 saturated heterocycles. The van der Waals surface area contributed by atoms with Crippen LogP contribution in [-0.4, -0.2) is 59.6 Å². The molecule has 1 spiro atoms. The molecule has 0 amide bonds. The average molecular weight is 302 g/mol. The number of likely N-dealkylation sites (tertiary alicyclic amines) is 2. The summed E-state index contributed by atoms with van der Waals surface area (Å²) in [7, 11) is 2.26. The molecule has 4 heteroatoms. The van der Waals surface area contributed by atoms with Crippen LogP contribution in [0.25, 0.3) is 0 Å². The van der Waals surface area contributed by atoms with Crippen LogP contribution in [0, 0.1) is 0 Å². The second kappa shape index (κ2) is 6.39. The van der Waals surface area contributed by atoms with E-state index in [1.807, 2.05) is 0 Å². The van der Waals surface area contributed by atoms with Crippen LogP contribution in [0.3, 0.4) is 0 Å². The van der Waals surface area contributed by atoms with Crippen molar-refractivity contribution < 1.29 is 9.90 Å². The Labute approximate surface area is 132 Å². The minimum absolute atomic E-state index is 0.259. The highest BCUT2D eigenvalue weighted by atomic mass is 16.4. The Hall–Kier alpha value is -1.39. The number of benzene rings is 1. The van der Waals surface area contributed by atoms with Gasteiger partial charge in [-0.25, -0.2) is 0 Å². The van der Waals surface area contributed by atoms with E-state index in [4.69, 9.17) is 5.11 Å². The van der Waals surface area contributed by atoms with E-state index in [0.717, 1.165) is 32.5 Å². The minimum Gasteiger partial charge on any atom is -0.481 e. The summed E-state index contributed by atoms with van der Waals surface area (Å²) in [6.07, 6.45) is 3.81. The van der Waals surface area contributed by atoms with Crippen molar-refractivity contribution in [2.75, 3.05) is 33.2 Å². The Morgan fingerprint density at radius 2 is 1.95 bits per heavy atom. The maximum Gasteiger partial charge on any atom is 0.304 e. The van der Waals surface area contributed by atoms with E-state index in [9.17, 15) is 4.79 Å². The van der Waals surface area contributed by atoms with Crippen molar-refractivity contribution in [3.05, 3.63) is 35.9 Å². The molecule has 0 radical (unpaired) electrons. The number of carboxylic acid groups (broad SMARTS) is 1. The summed E-state index contributed by atoms with van der Waals surface area (Å²) in [6, 6.07) is 10.8. The van der Waals surface area contributed by atoms with E-state index in [-0.39, 0.29) is 6.42 Å². The highest BCUT2D eigenvalue weighted by molar-refractivity contribution is 5.66. The van der Waals surface area contributed by atoms with Crippen LogP contribution in [0.5, 0.6) is 0 Å². The zero-order valence-electron chi connectivity index (χ0n) is 13.4. The monoisotopic (exact) mass is 302 g/mol. The molecule has 4 nitrogen and oxygen atoms in total. The number of hydrogen-bond donors (Lipinski definition) is 1. The molecule has 3 rings (SSSR count). The maximum atomic E-state index is 10.7. The Morgan fingerprint density at radius 3 is 2.59 bits per heavy atom. The lowest BCUT2D eigenvalue weighted by Crippen LogP contribution is -2.50. The van der Waals surface area contributed by atoms with E-state index >= 15 is 0 Å². The summed E-state index contributed by atoms with van der Waals surface area (Å²) in [5.74, 6) is -0.0563. The Balaban J connectivity index is 1.60. The van der Waals surface area contributed by atoms with E-state index in [2.05, 4.69) is 47.2 Å². The van der Waals surface area contributed by atoms with Gasteiger partial charge in [-0.05, 0) is 50.9 Å². The summed E-state index contributed by atoms with van der Waals surface area (Å²) in [5, 5.41) is 8.82. The lowest BCUT2D eigenvalue weighted by molar-refractivity contribution is -0.137. The van der Waals surface area contributed by atoms with Crippen LogP contribution in [0.15, 0.2) is 30.3 Å². The fraction of sp³-hybridized carbons (Fsp3) is 0.611. The Bertz CT molecular complexity index is 509. The van der Waals surface area contributed by atoms with Crippen LogP contribution in [0.1, 0.15) is 37.2 Å². The van der Waals surface area contributed by atoms with Gasteiger partial charge in [0.15, 0.2) is 0 Å². The number of rotatable bonds is 4. The second-order valence-corrected chi connectivity index (χ2v) is 6.90. The van der Waals surface area contributed by atoms with Crippen molar-refractivity contribution in [1.82, 2.24) is 9.80 Å². The third-order valence-corrected chi connectivity index (χ3v) is 5.63. The molecule has 1 aromatic rings. The van der Waals surface area contributed by atoms with Crippen LogP contribution in [0.4, 0.5) is 0 Å². The predicted molar refractivity (Wildman–Crippen MR) is 87.1 cm³/mol. The largest absolute Gasteiger partial charge is 0.481 e. The molecule has 2 heterocycles. The topological polar surface area (TPSA) is 43.8 Å². The first-order valence-corrected chi connectivity index (χ1v) is 8.29. The third kappa shape index (κ3) is 3.18. The van der Waals surface area contributed by atoms with Gasteiger partial charge in [-0.3, -0.25) is 9.69 Å². The zero-order valence-corrected chi connectivity index (χ0v) is 13.4. The van der Waals surface area contributed by atoms with Gasteiger partial charge in [0.2, 0.25) is 0 Å². The average Bonchev–Trinajstić information content (AvgIpc) is 2.85. The molecule has 0 aromatic heterocycles. The number of carboxylic acids is 1. The van der Waals surface area contributed by atoms with Crippen molar-refractivity contribution in [3.8, 4) is 0 Å². The summed E-state index contributed by atoms with van der Waals surface area (Å²) in [5.41, 5.74) is 1.78. The van der Waals surface area contributed by atoms with Crippen LogP contribution >= 0.6 is 0 Å². The summed E-state index contributed by atoms with van der Waals surface area (Å²) in [6.45, 7) is 3.88. The van der Waals surface area contributed by atoms with Crippen molar-refractivity contribution in [2.24, 2.45) is 0 Å². The standard InChI is InChI=1S/C18H26N2O2/c1-19-14-16(15-5-3-2-4-6-15)13-18(19)8-11-20(12-9-18)10-7-17(21)22/h2-6,16H,7-14H2,1H3,(H,21,22). The molecule has 1 N–H and O–H groups in total. The van der Waals surface area contributed by atoms with Gasteiger partial charge in [0, 0.05) is 18.6 Å². The predicted octanol–water partition coefficient (Wildman–Crippen LogP) is 2.42. The molecule has 0 aliphatic carbocycles. The molecule has 0 saturated carbocycles. The summed E-state index contributed by atoms with van der Waals surface area (Å²) >= 11 is 0. The number of likely N-dealkylation sites (N-methyl/N-ethyl adjacent to an activating group) is 1. The van der Waals surface area contributed by atoms with E-state index in [1.54, 1.807) is 0 Å². The third-order valence-electron chi connectivity index (χ3n) is 5.63. The molecular weight excluding hydrogens is 276 g/mol. The zero-order chi connectivity index (χ0) is 15.6. The molecule has 2 aliphatic heterocycles. The van der Waals surface area contributed by atoms with Crippen molar-refractivity contribution in [1.29, 1.82) is 0 Å². The first-order valence-electron chi connectivity index (χ1n) is 8.29. The molecule has 1 unspecified atom stereocenters. The van der Waals surface area contributed by atoms with Gasteiger partial charge >= 0.3 is 5.97 Å². The van der Waals surface area contributed by atoms with Gasteiger partial charge in [-0.2, -0.15) is 0 Å². The number of carbonyl (C=O) groups is 1. The van der Waals surface area contributed by atoms with Crippen LogP contribution in [0.2, 0.25) is 0 Å². The Morgan fingerprint density at radius 1 is 1.27 bits per heavy atom. The SMILES string of the molecule is CN1CC(c2ccccc2)CC12CCN(CCC(=O)O)CC2. The second-order valence-electron chi connectivity index (χ2n) is 6.90. The molecule has 1 aromatic carbocycles. The number of aliphatic carboxylic acids is 1. The van der Waals surface area contributed by atoms with Crippen LogP contribution < -0.4 is 0 Å². The van der Waals surface area contributed by atoms with Crippen molar-refractivity contribution in [2.45, 2.75) is 37.1 Å². The van der Waals surface area contributed by atoms with E-state index in [1.165, 1.54) is 12.0 Å². The van der Waals surface area contributed by atoms with Gasteiger partial charge in [0.05, 0.1) is 6.42 Å². The number of hydrogen-bond acceptors (Lipinski definition) is 3. The van der Waals surface area contributed by atoms with Gasteiger partial charge in [-0.15, -0.1) is 0 Å². The van der Waals surface area contributed by atoms with Crippen molar-refractivity contribution >= 4 is 5.97 Å². The van der Waals surface area contributed by atoms with Gasteiger partial charge in [0.25, 0.3) is 0 Å². The molecule has 0 bridgehead atoms. The van der Waals surface area contributed by atoms with Crippen LogP contribution in [-0.2, 0) is 4.79 Å². The highest BCUT2D eigenvalue weighted by Crippen LogP contribution is 2.43. The van der Waals surface area contributed by atoms with Gasteiger partial charge in [0.1, 0.15) is 0 Å². The quantitative estimate of drug-likeness (QED) is 0.927. The minimum atomic E-state index is -0.692. The van der Waals surface area contributed by atoms with Gasteiger partial charge < -0.3 is 10.0 Å². The maximum absolute atomic E-state index is 10.7. The van der Waals surface area contributed by atoms with Gasteiger partial charge in [-0.1, -0.05) is 30.3 Å². The fourth-order valence-corrected chi connectivity index (χ4v) is 4.18. The molecule has 120 valence electrons.